The molecule has 4 rings (SSSR count). The minimum absolute atomic E-state index is 0.0348. The standard InChI is InChI=1S/C17H18F4N8O.C2HF3O2/c1-27-7-10(13(26-27)14(18)19)24-16(30)9-6-23-29-4-2-12(25-15(9)29)28-5-3-17(20,21)11(22)8-28;3-2(4,5)1(6)7/h2,4,6-7,11,14H,3,5,8,22H2,1H3,(H,24,30);(H,6,7)/t11-;/m1./s1. The topological polar surface area (TPSA) is 144 Å². The van der Waals surface area contributed by atoms with E-state index >= 15 is 0 Å². The number of nitrogens with zero attached hydrogens (tertiary/aromatic N) is 6. The number of nitrogens with one attached hydrogen (secondary N) is 1. The highest BCUT2D eigenvalue weighted by Crippen LogP contribution is 2.30. The predicted octanol–water partition coefficient (Wildman–Crippen LogP) is 2.46. The van der Waals surface area contributed by atoms with Gasteiger partial charge >= 0.3 is 12.1 Å². The number of rotatable bonds is 4. The molecule has 0 aliphatic carbocycles. The molecule has 1 atom stereocenters. The lowest BCUT2D eigenvalue weighted by Gasteiger charge is -2.37. The van der Waals surface area contributed by atoms with Crippen molar-refractivity contribution in [2.75, 3.05) is 23.3 Å². The third kappa shape index (κ3) is 6.25. The number of alkyl halides is 7. The van der Waals surface area contributed by atoms with Gasteiger partial charge < -0.3 is 21.1 Å². The van der Waals surface area contributed by atoms with E-state index in [1.165, 1.54) is 34.8 Å². The minimum Gasteiger partial charge on any atom is -0.475 e. The number of aromatic nitrogens is 5. The quantitative estimate of drug-likeness (QED) is 0.429. The average molecular weight is 540 g/mol. The largest absolute Gasteiger partial charge is 0.490 e. The summed E-state index contributed by atoms with van der Waals surface area (Å²) in [6, 6.07) is 0.240. The summed E-state index contributed by atoms with van der Waals surface area (Å²) in [7, 11) is 1.46. The van der Waals surface area contributed by atoms with E-state index in [1.54, 1.807) is 11.0 Å². The summed E-state index contributed by atoms with van der Waals surface area (Å²) in [5.41, 5.74) is 5.07. The molecule has 1 aliphatic heterocycles. The third-order valence-electron chi connectivity index (χ3n) is 5.15. The zero-order chi connectivity index (χ0) is 27.7. The molecule has 0 spiro atoms. The first-order valence-corrected chi connectivity index (χ1v) is 10.3. The molecule has 37 heavy (non-hydrogen) atoms. The zero-order valence-electron chi connectivity index (χ0n) is 18.8. The van der Waals surface area contributed by atoms with E-state index in [4.69, 9.17) is 15.6 Å². The second kappa shape index (κ2) is 10.2. The number of halogens is 7. The lowest BCUT2D eigenvalue weighted by molar-refractivity contribution is -0.192. The first-order valence-electron chi connectivity index (χ1n) is 10.3. The van der Waals surface area contributed by atoms with Gasteiger partial charge in [0, 0.05) is 39.0 Å². The number of nitrogens with two attached hydrogens (primary N) is 1. The van der Waals surface area contributed by atoms with Crippen LogP contribution in [0.25, 0.3) is 5.65 Å². The first-order chi connectivity index (χ1) is 17.1. The Balaban J connectivity index is 0.000000479. The molecular weight excluding hydrogens is 521 g/mol. The Morgan fingerprint density at radius 1 is 1.30 bits per heavy atom. The van der Waals surface area contributed by atoms with E-state index in [0.717, 1.165) is 0 Å². The molecule has 1 fully saturated rings. The Morgan fingerprint density at radius 2 is 1.95 bits per heavy atom. The van der Waals surface area contributed by atoms with Crippen molar-refractivity contribution in [1.29, 1.82) is 0 Å². The summed E-state index contributed by atoms with van der Waals surface area (Å²) in [6.07, 6.45) is -4.32. The summed E-state index contributed by atoms with van der Waals surface area (Å²) in [5.74, 6) is -6.05. The van der Waals surface area contributed by atoms with Crippen LogP contribution in [0.3, 0.4) is 0 Å². The van der Waals surface area contributed by atoms with Crippen LogP contribution in [0.2, 0.25) is 0 Å². The molecule has 18 heteroatoms. The molecule has 0 unspecified atom stereocenters. The Morgan fingerprint density at radius 3 is 2.51 bits per heavy atom. The number of carbonyl (C=O) groups excluding carboxylic acids is 1. The molecule has 0 aromatic carbocycles. The first kappa shape index (κ1) is 27.6. The van der Waals surface area contributed by atoms with Crippen molar-refractivity contribution >= 4 is 29.0 Å². The number of anilines is 2. The number of hydrogen-bond acceptors (Lipinski definition) is 7. The Kier molecular flexibility index (Phi) is 7.61. The van der Waals surface area contributed by atoms with Crippen molar-refractivity contribution in [3.05, 3.63) is 35.9 Å². The van der Waals surface area contributed by atoms with Crippen molar-refractivity contribution in [1.82, 2.24) is 24.4 Å². The van der Waals surface area contributed by atoms with Gasteiger partial charge in [0.15, 0.2) is 11.3 Å². The van der Waals surface area contributed by atoms with E-state index in [1.807, 2.05) is 0 Å². The molecule has 3 aromatic rings. The van der Waals surface area contributed by atoms with Crippen molar-refractivity contribution in [3.8, 4) is 0 Å². The lowest BCUT2D eigenvalue weighted by atomic mass is 10.0. The normalized spacial score (nSPS) is 17.5. The monoisotopic (exact) mass is 540 g/mol. The molecule has 4 heterocycles. The molecule has 11 nitrogen and oxygen atoms in total. The number of piperidine rings is 1. The summed E-state index contributed by atoms with van der Waals surface area (Å²) < 4.78 is 87.8. The fourth-order valence-electron chi connectivity index (χ4n) is 3.29. The molecule has 3 aromatic heterocycles. The highest BCUT2D eigenvalue weighted by molar-refractivity contribution is 6.08. The van der Waals surface area contributed by atoms with Crippen LogP contribution >= 0.6 is 0 Å². The highest BCUT2D eigenvalue weighted by Gasteiger charge is 2.42. The third-order valence-corrected chi connectivity index (χ3v) is 5.15. The highest BCUT2D eigenvalue weighted by atomic mass is 19.4. The molecule has 0 saturated carbocycles. The van der Waals surface area contributed by atoms with Crippen molar-refractivity contribution in [3.63, 3.8) is 0 Å². The number of fused-ring (bicyclic) bond motifs is 1. The van der Waals surface area contributed by atoms with Crippen LogP contribution in [0, 0.1) is 0 Å². The number of amides is 1. The average Bonchev–Trinajstić information content (AvgIpc) is 3.38. The van der Waals surface area contributed by atoms with Gasteiger partial charge in [-0.2, -0.15) is 23.4 Å². The second-order valence-electron chi connectivity index (χ2n) is 7.84. The van der Waals surface area contributed by atoms with Crippen LogP contribution in [0.4, 0.5) is 42.2 Å². The minimum atomic E-state index is -5.08. The van der Waals surface area contributed by atoms with Gasteiger partial charge in [0.25, 0.3) is 18.3 Å². The Bertz CT molecular complexity index is 1290. The molecule has 202 valence electrons. The van der Waals surface area contributed by atoms with Crippen LogP contribution in [0.5, 0.6) is 0 Å². The smallest absolute Gasteiger partial charge is 0.475 e. The van der Waals surface area contributed by atoms with E-state index in [9.17, 15) is 35.5 Å². The lowest BCUT2D eigenvalue weighted by Crippen LogP contribution is -2.55. The van der Waals surface area contributed by atoms with Crippen LogP contribution in [0.15, 0.2) is 24.7 Å². The van der Waals surface area contributed by atoms with Crippen molar-refractivity contribution in [2.24, 2.45) is 12.8 Å². The van der Waals surface area contributed by atoms with Gasteiger partial charge in [-0.3, -0.25) is 9.48 Å². The number of carboxylic acid groups (broad SMARTS) is 1. The van der Waals surface area contributed by atoms with E-state index in [0.29, 0.717) is 5.82 Å². The summed E-state index contributed by atoms with van der Waals surface area (Å²) in [5, 5.41) is 17.2. The van der Waals surface area contributed by atoms with Gasteiger partial charge in [-0.05, 0) is 6.07 Å². The molecule has 1 saturated heterocycles. The predicted molar refractivity (Wildman–Crippen MR) is 113 cm³/mol. The van der Waals surface area contributed by atoms with Crippen LogP contribution < -0.4 is 16.0 Å². The fourth-order valence-corrected chi connectivity index (χ4v) is 3.29. The summed E-state index contributed by atoms with van der Waals surface area (Å²) in [6.45, 7) is -0.0494. The van der Waals surface area contributed by atoms with Gasteiger partial charge in [0.1, 0.15) is 11.4 Å². The van der Waals surface area contributed by atoms with Crippen LogP contribution in [-0.4, -0.2) is 72.6 Å². The fraction of sp³-hybridized carbons (Fsp3) is 0.421. The maximum Gasteiger partial charge on any atom is 0.490 e. The van der Waals surface area contributed by atoms with E-state index in [2.05, 4.69) is 20.5 Å². The maximum atomic E-state index is 13.7. The van der Waals surface area contributed by atoms with Crippen molar-refractivity contribution in [2.45, 2.75) is 31.0 Å². The molecule has 1 aliphatic rings. The molecule has 4 N–H and O–H groups in total. The van der Waals surface area contributed by atoms with Crippen LogP contribution in [-0.2, 0) is 11.8 Å². The SMILES string of the molecule is Cn1cc(NC(=O)c2cnn3ccc(N4CCC(F)(F)[C@H](N)C4)nc23)c(C(F)F)n1.O=C(O)C(F)(F)F. The number of aryl methyl sites for hydroxylation is 1. The molecule has 0 radical (unpaired) electrons. The Labute approximate surface area is 202 Å². The maximum absolute atomic E-state index is 13.7. The number of carbonyl (C=O) groups is 2. The molecule has 1 amide bonds. The van der Waals surface area contributed by atoms with E-state index < -0.39 is 48.6 Å². The van der Waals surface area contributed by atoms with E-state index in [-0.39, 0.29) is 30.0 Å². The van der Waals surface area contributed by atoms with Gasteiger partial charge in [-0.15, -0.1) is 0 Å². The second-order valence-corrected chi connectivity index (χ2v) is 7.84. The van der Waals surface area contributed by atoms with Gasteiger partial charge in [0.2, 0.25) is 0 Å². The van der Waals surface area contributed by atoms with Crippen molar-refractivity contribution < 1.29 is 45.4 Å². The number of carboxylic acids is 1. The van der Waals surface area contributed by atoms with Crippen LogP contribution in [0.1, 0.15) is 28.9 Å². The van der Waals surface area contributed by atoms with Gasteiger partial charge in [-0.25, -0.2) is 31.9 Å². The molecular formula is C19H19F7N8O3. The molecule has 0 bridgehead atoms. The number of hydrogen-bond donors (Lipinski definition) is 3. The van der Waals surface area contributed by atoms with Gasteiger partial charge in [-0.1, -0.05) is 0 Å². The zero-order valence-corrected chi connectivity index (χ0v) is 18.8. The summed E-state index contributed by atoms with van der Waals surface area (Å²) in [4.78, 5) is 27.5. The Hall–Kier alpha value is -3.96. The van der Waals surface area contributed by atoms with Gasteiger partial charge in [0.05, 0.1) is 17.9 Å². The summed E-state index contributed by atoms with van der Waals surface area (Å²) >= 11 is 0. The number of aliphatic carboxylic acids is 1.